The Labute approximate surface area is 123 Å². The van der Waals surface area contributed by atoms with Crippen LogP contribution in [0.3, 0.4) is 0 Å². The van der Waals surface area contributed by atoms with E-state index >= 15 is 0 Å². The van der Waals surface area contributed by atoms with E-state index in [0.717, 1.165) is 0 Å². The second-order valence-electron chi connectivity index (χ2n) is 4.08. The van der Waals surface area contributed by atoms with Crippen LogP contribution in [0.15, 0.2) is 23.1 Å². The lowest BCUT2D eigenvalue weighted by Gasteiger charge is -2.15. The van der Waals surface area contributed by atoms with Crippen LogP contribution in [0.1, 0.15) is 5.56 Å². The highest BCUT2D eigenvalue weighted by Gasteiger charge is 2.18. The summed E-state index contributed by atoms with van der Waals surface area (Å²) in [6.07, 6.45) is -0.376. The number of hydrogen-bond donors (Lipinski definition) is 2. The van der Waals surface area contributed by atoms with Gasteiger partial charge in [0.05, 0.1) is 24.2 Å². The van der Waals surface area contributed by atoms with Gasteiger partial charge in [0.2, 0.25) is 10.0 Å². The fourth-order valence-corrected chi connectivity index (χ4v) is 2.82. The molecule has 2 N–H and O–H groups in total. The summed E-state index contributed by atoms with van der Waals surface area (Å²) in [5, 5.41) is 9.42. The van der Waals surface area contributed by atoms with Crippen LogP contribution < -0.4 is 4.72 Å². The first kappa shape index (κ1) is 17.4. The first-order valence-corrected chi connectivity index (χ1v) is 7.71. The Bertz CT molecular complexity index is 535. The SMILES string of the molecule is COCC(CNS(=O)(=O)c1ccc(Cl)c(CO)c1)OC. The number of halogens is 1. The molecule has 0 bridgehead atoms. The summed E-state index contributed by atoms with van der Waals surface area (Å²) in [7, 11) is -0.705. The molecule has 6 nitrogen and oxygen atoms in total. The summed E-state index contributed by atoms with van der Waals surface area (Å²) >= 11 is 5.83. The second kappa shape index (κ2) is 7.92. The van der Waals surface area contributed by atoms with Gasteiger partial charge in [0.25, 0.3) is 0 Å². The zero-order valence-corrected chi connectivity index (χ0v) is 12.9. The van der Waals surface area contributed by atoms with Crippen LogP contribution in [0.2, 0.25) is 5.02 Å². The predicted molar refractivity (Wildman–Crippen MR) is 75.2 cm³/mol. The zero-order chi connectivity index (χ0) is 15.2. The van der Waals surface area contributed by atoms with E-state index in [0.29, 0.717) is 10.6 Å². The molecule has 1 aromatic carbocycles. The van der Waals surface area contributed by atoms with Crippen molar-refractivity contribution in [2.24, 2.45) is 0 Å². The number of methoxy groups -OCH3 is 2. The third-order valence-electron chi connectivity index (χ3n) is 2.68. The highest BCUT2D eigenvalue weighted by molar-refractivity contribution is 7.89. The van der Waals surface area contributed by atoms with E-state index in [-0.39, 0.29) is 30.8 Å². The minimum absolute atomic E-state index is 0.0400. The van der Waals surface area contributed by atoms with Crippen LogP contribution >= 0.6 is 11.6 Å². The van der Waals surface area contributed by atoms with Crippen molar-refractivity contribution in [2.75, 3.05) is 27.4 Å². The Hall–Kier alpha value is -0.700. The molecule has 0 spiro atoms. The van der Waals surface area contributed by atoms with E-state index in [9.17, 15) is 8.42 Å². The quantitative estimate of drug-likeness (QED) is 0.738. The molecular formula is C12H18ClNO5S. The van der Waals surface area contributed by atoms with Gasteiger partial charge in [-0.3, -0.25) is 0 Å². The first-order chi connectivity index (χ1) is 9.44. The average molecular weight is 324 g/mol. The summed E-state index contributed by atoms with van der Waals surface area (Å²) in [6, 6.07) is 4.15. The van der Waals surface area contributed by atoms with Crippen LogP contribution in [0, 0.1) is 0 Å². The number of rotatable bonds is 8. The highest BCUT2D eigenvalue weighted by atomic mass is 35.5. The Morgan fingerprint density at radius 2 is 2.10 bits per heavy atom. The third kappa shape index (κ3) is 4.69. The number of hydrogen-bond acceptors (Lipinski definition) is 5. The summed E-state index contributed by atoms with van der Waals surface area (Å²) in [4.78, 5) is 0.0400. The van der Waals surface area contributed by atoms with Crippen molar-refractivity contribution in [3.63, 3.8) is 0 Å². The first-order valence-electron chi connectivity index (χ1n) is 5.85. The number of aliphatic hydroxyl groups is 1. The minimum atomic E-state index is -3.69. The Morgan fingerprint density at radius 1 is 1.40 bits per heavy atom. The predicted octanol–water partition coefficient (Wildman–Crippen LogP) is 0.772. The van der Waals surface area contributed by atoms with Gasteiger partial charge in [-0.15, -0.1) is 0 Å². The minimum Gasteiger partial charge on any atom is -0.392 e. The molecule has 0 heterocycles. The summed E-state index contributed by atoms with van der Waals surface area (Å²) in [5.74, 6) is 0. The van der Waals surface area contributed by atoms with Crippen LogP contribution in [-0.4, -0.2) is 47.0 Å². The van der Waals surface area contributed by atoms with Gasteiger partial charge in [-0.1, -0.05) is 11.6 Å². The molecule has 0 fully saturated rings. The molecule has 1 unspecified atom stereocenters. The monoisotopic (exact) mass is 323 g/mol. The van der Waals surface area contributed by atoms with Crippen LogP contribution in [0.25, 0.3) is 0 Å². The molecule has 0 saturated heterocycles. The van der Waals surface area contributed by atoms with Gasteiger partial charge in [0, 0.05) is 25.8 Å². The summed E-state index contributed by atoms with van der Waals surface area (Å²) in [6.45, 7) is 0.0395. The van der Waals surface area contributed by atoms with E-state index in [1.54, 1.807) is 0 Å². The van der Waals surface area contributed by atoms with Crippen molar-refractivity contribution in [1.82, 2.24) is 4.72 Å². The molecule has 0 amide bonds. The van der Waals surface area contributed by atoms with Crippen molar-refractivity contribution in [2.45, 2.75) is 17.6 Å². The van der Waals surface area contributed by atoms with Gasteiger partial charge in [-0.2, -0.15) is 0 Å². The topological polar surface area (TPSA) is 84.9 Å². The number of benzene rings is 1. The lowest BCUT2D eigenvalue weighted by Crippen LogP contribution is -2.35. The summed E-state index contributed by atoms with van der Waals surface area (Å²) < 4.78 is 36.6. The van der Waals surface area contributed by atoms with Crippen LogP contribution in [0.5, 0.6) is 0 Å². The molecule has 0 aliphatic heterocycles. The number of nitrogens with one attached hydrogen (secondary N) is 1. The van der Waals surface area contributed by atoms with Gasteiger partial charge in [0.1, 0.15) is 0 Å². The maximum absolute atomic E-state index is 12.1. The van der Waals surface area contributed by atoms with E-state index in [1.165, 1.54) is 32.4 Å². The van der Waals surface area contributed by atoms with Crippen molar-refractivity contribution < 1.29 is 23.0 Å². The molecule has 0 aliphatic carbocycles. The number of ether oxygens (including phenoxy) is 2. The van der Waals surface area contributed by atoms with E-state index in [4.69, 9.17) is 26.2 Å². The molecule has 0 aliphatic rings. The van der Waals surface area contributed by atoms with Crippen molar-refractivity contribution >= 4 is 21.6 Å². The second-order valence-corrected chi connectivity index (χ2v) is 6.25. The highest BCUT2D eigenvalue weighted by Crippen LogP contribution is 2.20. The Kier molecular flexibility index (Phi) is 6.87. The fraction of sp³-hybridized carbons (Fsp3) is 0.500. The lowest BCUT2D eigenvalue weighted by atomic mass is 10.2. The zero-order valence-electron chi connectivity index (χ0n) is 11.3. The van der Waals surface area contributed by atoms with Gasteiger partial charge in [-0.25, -0.2) is 13.1 Å². The summed E-state index contributed by atoms with van der Waals surface area (Å²) in [5.41, 5.74) is 0.356. The largest absolute Gasteiger partial charge is 0.392 e. The average Bonchev–Trinajstić information content (AvgIpc) is 2.43. The molecule has 1 atom stereocenters. The Balaban J connectivity index is 2.83. The van der Waals surface area contributed by atoms with E-state index in [2.05, 4.69) is 4.72 Å². The standard InChI is InChI=1S/C12H18ClNO5S/c1-18-8-10(19-2)6-14-20(16,17)11-3-4-12(13)9(5-11)7-15/h3-5,10,14-15H,6-8H2,1-2H3. The molecule has 8 heteroatoms. The molecule has 20 heavy (non-hydrogen) atoms. The molecular weight excluding hydrogens is 306 g/mol. The van der Waals surface area contributed by atoms with E-state index < -0.39 is 10.0 Å². The number of aliphatic hydroxyl groups excluding tert-OH is 1. The normalized spacial score (nSPS) is 13.4. The maximum atomic E-state index is 12.1. The fourth-order valence-electron chi connectivity index (χ4n) is 1.52. The van der Waals surface area contributed by atoms with Gasteiger partial charge < -0.3 is 14.6 Å². The lowest BCUT2D eigenvalue weighted by molar-refractivity contribution is 0.0320. The van der Waals surface area contributed by atoms with E-state index in [1.807, 2.05) is 0 Å². The molecule has 0 radical (unpaired) electrons. The van der Waals surface area contributed by atoms with Crippen molar-refractivity contribution in [3.05, 3.63) is 28.8 Å². The maximum Gasteiger partial charge on any atom is 0.240 e. The van der Waals surface area contributed by atoms with Gasteiger partial charge in [-0.05, 0) is 23.8 Å². The van der Waals surface area contributed by atoms with Crippen molar-refractivity contribution in [3.8, 4) is 0 Å². The molecule has 1 aromatic rings. The van der Waals surface area contributed by atoms with Crippen LogP contribution in [-0.2, 0) is 26.1 Å². The van der Waals surface area contributed by atoms with Crippen molar-refractivity contribution in [1.29, 1.82) is 0 Å². The molecule has 1 rings (SSSR count). The van der Waals surface area contributed by atoms with Crippen LogP contribution in [0.4, 0.5) is 0 Å². The Morgan fingerprint density at radius 3 is 2.65 bits per heavy atom. The molecule has 114 valence electrons. The molecule has 0 saturated carbocycles. The number of sulfonamides is 1. The smallest absolute Gasteiger partial charge is 0.240 e. The third-order valence-corrected chi connectivity index (χ3v) is 4.47. The molecule has 0 aromatic heterocycles. The van der Waals surface area contributed by atoms with Gasteiger partial charge in [0.15, 0.2) is 0 Å². The van der Waals surface area contributed by atoms with Gasteiger partial charge >= 0.3 is 0 Å².